The Morgan fingerprint density at radius 3 is 2.52 bits per heavy atom. The van der Waals surface area contributed by atoms with E-state index in [1.54, 1.807) is 43.1 Å². The Labute approximate surface area is 239 Å². The normalized spacial score (nSPS) is 14.1. The van der Waals surface area contributed by atoms with E-state index in [0.29, 0.717) is 60.7 Å². The molecule has 0 spiro atoms. The van der Waals surface area contributed by atoms with Gasteiger partial charge in [0.25, 0.3) is 5.91 Å². The van der Waals surface area contributed by atoms with Crippen LogP contribution in [-0.4, -0.2) is 62.0 Å². The van der Waals surface area contributed by atoms with Crippen molar-refractivity contribution in [3.05, 3.63) is 71.3 Å². The maximum Gasteiger partial charge on any atom is 0.416 e. The zero-order valence-electron chi connectivity index (χ0n) is 23.2. The summed E-state index contributed by atoms with van der Waals surface area (Å²) >= 11 is 0. The van der Waals surface area contributed by atoms with Crippen LogP contribution in [0.1, 0.15) is 40.2 Å². The zero-order chi connectivity index (χ0) is 30.0. The molecule has 11 nitrogen and oxygen atoms in total. The number of benzene rings is 2. The van der Waals surface area contributed by atoms with Crippen LogP contribution in [0.25, 0.3) is 5.82 Å². The van der Waals surface area contributed by atoms with Crippen molar-refractivity contribution in [2.24, 2.45) is 0 Å². The molecule has 220 valence electrons. The smallest absolute Gasteiger partial charge is 0.393 e. The Kier molecular flexibility index (Phi) is 7.98. The minimum atomic E-state index is -4.60. The minimum Gasteiger partial charge on any atom is -0.393 e. The van der Waals surface area contributed by atoms with E-state index in [1.807, 2.05) is 6.92 Å². The molecule has 3 heterocycles. The molecule has 2 aromatic heterocycles. The molecule has 2 aromatic carbocycles. The number of carbonyl (C=O) groups is 1. The average molecular weight is 582 g/mol. The molecule has 0 saturated carbocycles. The van der Waals surface area contributed by atoms with Gasteiger partial charge >= 0.3 is 6.18 Å². The molecular formula is C28H30F3N9O2. The summed E-state index contributed by atoms with van der Waals surface area (Å²) in [6.07, 6.45) is -2.76. The Morgan fingerprint density at radius 2 is 1.81 bits per heavy atom. The number of aryl methyl sites for hydroxylation is 2. The molecular weight excluding hydrogens is 551 g/mol. The van der Waals surface area contributed by atoms with Gasteiger partial charge in [-0.25, -0.2) is 9.97 Å². The van der Waals surface area contributed by atoms with Crippen LogP contribution < -0.4 is 20.9 Å². The number of halogens is 3. The summed E-state index contributed by atoms with van der Waals surface area (Å²) in [6, 6.07) is 10.1. The number of aliphatic hydroxyl groups excluding tert-OH is 1. The SMILES string of the molecule is CNc1cc(-n2nc(C)nc2Nc2cc(C(=O)Nc3cc(N4CCC(O)CC4)cc(C(F)(F)F)c3)ccc2C)ncn1. The highest BCUT2D eigenvalue weighted by atomic mass is 19.4. The number of piperidine rings is 1. The second-order valence-electron chi connectivity index (χ2n) is 10.00. The molecule has 0 aliphatic carbocycles. The van der Waals surface area contributed by atoms with Crippen LogP contribution in [0.4, 0.5) is 42.0 Å². The predicted molar refractivity (Wildman–Crippen MR) is 153 cm³/mol. The fraction of sp³-hybridized carbons (Fsp3) is 0.321. The van der Waals surface area contributed by atoms with Crippen molar-refractivity contribution >= 4 is 34.7 Å². The number of hydrogen-bond donors (Lipinski definition) is 4. The van der Waals surface area contributed by atoms with Crippen molar-refractivity contribution in [2.45, 2.75) is 39.0 Å². The van der Waals surface area contributed by atoms with Gasteiger partial charge in [-0.15, -0.1) is 5.10 Å². The lowest BCUT2D eigenvalue weighted by atomic mass is 10.1. The molecule has 1 aliphatic rings. The van der Waals surface area contributed by atoms with Gasteiger partial charge in [-0.3, -0.25) is 4.79 Å². The van der Waals surface area contributed by atoms with Gasteiger partial charge in [0.2, 0.25) is 5.95 Å². The van der Waals surface area contributed by atoms with Gasteiger partial charge in [0.1, 0.15) is 18.0 Å². The van der Waals surface area contributed by atoms with E-state index < -0.39 is 23.8 Å². The van der Waals surface area contributed by atoms with Crippen LogP contribution in [-0.2, 0) is 6.18 Å². The largest absolute Gasteiger partial charge is 0.416 e. The highest BCUT2D eigenvalue weighted by Crippen LogP contribution is 2.35. The highest BCUT2D eigenvalue weighted by Gasteiger charge is 2.32. The van der Waals surface area contributed by atoms with Gasteiger partial charge in [-0.05, 0) is 62.6 Å². The van der Waals surface area contributed by atoms with E-state index in [1.165, 1.54) is 17.1 Å². The number of amides is 1. The van der Waals surface area contributed by atoms with Gasteiger partial charge < -0.3 is 26.0 Å². The van der Waals surface area contributed by atoms with E-state index in [9.17, 15) is 23.1 Å². The lowest BCUT2D eigenvalue weighted by molar-refractivity contribution is -0.137. The van der Waals surface area contributed by atoms with Crippen molar-refractivity contribution in [1.29, 1.82) is 0 Å². The summed E-state index contributed by atoms with van der Waals surface area (Å²) in [6.45, 7) is 4.40. The lowest BCUT2D eigenvalue weighted by Gasteiger charge is -2.32. The molecule has 1 fully saturated rings. The number of anilines is 5. The first-order chi connectivity index (χ1) is 20.0. The fourth-order valence-corrected chi connectivity index (χ4v) is 4.63. The predicted octanol–water partition coefficient (Wildman–Crippen LogP) is 4.69. The van der Waals surface area contributed by atoms with Gasteiger partial charge in [-0.2, -0.15) is 22.8 Å². The third kappa shape index (κ3) is 6.43. The summed E-state index contributed by atoms with van der Waals surface area (Å²) in [5, 5.41) is 23.0. The number of alkyl halides is 3. The summed E-state index contributed by atoms with van der Waals surface area (Å²) in [4.78, 5) is 27.9. The molecule has 1 aliphatic heterocycles. The maximum absolute atomic E-state index is 13.7. The van der Waals surface area contributed by atoms with E-state index in [0.717, 1.165) is 17.7 Å². The third-order valence-electron chi connectivity index (χ3n) is 6.92. The number of carbonyl (C=O) groups excluding carboxylic acids is 1. The van der Waals surface area contributed by atoms with Crippen LogP contribution in [0, 0.1) is 13.8 Å². The number of hydrogen-bond acceptors (Lipinski definition) is 9. The summed E-state index contributed by atoms with van der Waals surface area (Å²) < 4.78 is 42.7. The van der Waals surface area contributed by atoms with Crippen LogP contribution in [0.2, 0.25) is 0 Å². The number of rotatable bonds is 7. The number of nitrogens with one attached hydrogen (secondary N) is 3. The molecule has 0 atom stereocenters. The molecule has 5 rings (SSSR count). The maximum atomic E-state index is 13.7. The molecule has 4 N–H and O–H groups in total. The van der Waals surface area contributed by atoms with Crippen LogP contribution in [0.5, 0.6) is 0 Å². The molecule has 4 aromatic rings. The van der Waals surface area contributed by atoms with E-state index in [-0.39, 0.29) is 11.3 Å². The van der Waals surface area contributed by atoms with Crippen LogP contribution in [0.3, 0.4) is 0 Å². The van der Waals surface area contributed by atoms with Crippen molar-refractivity contribution in [2.75, 3.05) is 41.0 Å². The second kappa shape index (κ2) is 11.6. The first kappa shape index (κ1) is 28.8. The number of aliphatic hydroxyl groups is 1. The fourth-order valence-electron chi connectivity index (χ4n) is 4.63. The molecule has 0 unspecified atom stereocenters. The van der Waals surface area contributed by atoms with Gasteiger partial charge in [0.05, 0.1) is 11.7 Å². The Bertz CT molecular complexity index is 1600. The Morgan fingerprint density at radius 1 is 1.05 bits per heavy atom. The summed E-state index contributed by atoms with van der Waals surface area (Å²) in [5.41, 5.74) is 1.06. The molecule has 42 heavy (non-hydrogen) atoms. The highest BCUT2D eigenvalue weighted by molar-refractivity contribution is 6.05. The molecule has 0 bridgehead atoms. The number of aromatic nitrogens is 5. The molecule has 1 saturated heterocycles. The molecule has 14 heteroatoms. The Balaban J connectivity index is 1.41. The monoisotopic (exact) mass is 581 g/mol. The summed E-state index contributed by atoms with van der Waals surface area (Å²) in [7, 11) is 1.73. The van der Waals surface area contributed by atoms with Crippen molar-refractivity contribution < 1.29 is 23.1 Å². The van der Waals surface area contributed by atoms with Crippen LogP contribution >= 0.6 is 0 Å². The average Bonchev–Trinajstić information content (AvgIpc) is 3.33. The molecule has 1 amide bonds. The quantitative estimate of drug-likeness (QED) is 0.245. The van der Waals surface area contributed by atoms with Crippen molar-refractivity contribution in [3.8, 4) is 5.82 Å². The number of nitrogens with zero attached hydrogens (tertiary/aromatic N) is 6. The topological polar surface area (TPSA) is 133 Å². The first-order valence-corrected chi connectivity index (χ1v) is 13.3. The Hall–Kier alpha value is -4.72. The standard InChI is InChI=1S/C28H30F3N9O2/c1-16-4-5-18(10-23(16)37-27-35-17(2)38-40(27)25-14-24(32-3)33-15-34-25)26(42)36-20-11-19(28(29,30)31)12-21(13-20)39-8-6-22(41)7-9-39/h4-5,10-15,22,41H,6-9H2,1-3H3,(H,36,42)(H,32,33,34)(H,35,37,38). The minimum absolute atomic E-state index is 0.0190. The van der Waals surface area contributed by atoms with Gasteiger partial charge in [-0.1, -0.05) is 6.07 Å². The zero-order valence-corrected chi connectivity index (χ0v) is 23.2. The van der Waals surface area contributed by atoms with E-state index in [2.05, 4.69) is 36.0 Å². The van der Waals surface area contributed by atoms with Crippen LogP contribution in [0.15, 0.2) is 48.8 Å². The van der Waals surface area contributed by atoms with E-state index >= 15 is 0 Å². The van der Waals surface area contributed by atoms with Gasteiger partial charge in [0.15, 0.2) is 5.82 Å². The summed E-state index contributed by atoms with van der Waals surface area (Å²) in [5.74, 6) is 1.31. The third-order valence-corrected chi connectivity index (χ3v) is 6.92. The first-order valence-electron chi connectivity index (χ1n) is 13.3. The van der Waals surface area contributed by atoms with Gasteiger partial charge in [0, 0.05) is 48.8 Å². The molecule has 0 radical (unpaired) electrons. The van der Waals surface area contributed by atoms with Crippen molar-refractivity contribution in [3.63, 3.8) is 0 Å². The lowest BCUT2D eigenvalue weighted by Crippen LogP contribution is -2.36. The van der Waals surface area contributed by atoms with Crippen molar-refractivity contribution in [1.82, 2.24) is 24.7 Å². The van der Waals surface area contributed by atoms with E-state index in [4.69, 9.17) is 0 Å². The second-order valence-corrected chi connectivity index (χ2v) is 10.00.